The zero-order valence-electron chi connectivity index (χ0n) is 10.5. The molecular formula is C13H19N3OS. The highest BCUT2D eigenvalue weighted by Crippen LogP contribution is 2.26. The molecule has 98 valence electrons. The Bertz CT molecular complexity index is 475. The quantitative estimate of drug-likeness (QED) is 0.870. The summed E-state index contributed by atoms with van der Waals surface area (Å²) in [5.41, 5.74) is 1.15. The molecule has 0 bridgehead atoms. The molecule has 2 aromatic heterocycles. The van der Waals surface area contributed by atoms with E-state index in [-0.39, 0.29) is 6.61 Å². The monoisotopic (exact) mass is 265 g/mol. The first-order valence-electron chi connectivity index (χ1n) is 6.63. The summed E-state index contributed by atoms with van der Waals surface area (Å²) in [4.78, 5) is 8.19. The fourth-order valence-electron chi connectivity index (χ4n) is 2.48. The van der Waals surface area contributed by atoms with Gasteiger partial charge in [-0.25, -0.2) is 4.98 Å². The van der Waals surface area contributed by atoms with Crippen molar-refractivity contribution < 1.29 is 5.11 Å². The lowest BCUT2D eigenvalue weighted by Gasteiger charge is -2.37. The maximum atomic E-state index is 8.99. The summed E-state index contributed by atoms with van der Waals surface area (Å²) in [5.74, 6) is 0. The number of rotatable bonds is 6. The molecule has 0 spiro atoms. The summed E-state index contributed by atoms with van der Waals surface area (Å²) in [5, 5.41) is 11.0. The lowest BCUT2D eigenvalue weighted by Crippen LogP contribution is -2.40. The smallest absolute Gasteiger partial charge is 0.193 e. The summed E-state index contributed by atoms with van der Waals surface area (Å²) < 4.78 is 2.09. The molecule has 0 amide bonds. The van der Waals surface area contributed by atoms with Gasteiger partial charge < -0.3 is 5.11 Å². The molecule has 0 radical (unpaired) electrons. The second kappa shape index (κ2) is 5.38. The summed E-state index contributed by atoms with van der Waals surface area (Å²) in [6.45, 7) is 2.17. The van der Waals surface area contributed by atoms with Crippen LogP contribution in [0.1, 0.15) is 31.4 Å². The topological polar surface area (TPSA) is 40.8 Å². The number of fused-ring (bicyclic) bond motifs is 1. The molecule has 4 nitrogen and oxygen atoms in total. The average Bonchev–Trinajstić information content (AvgIpc) is 2.83. The largest absolute Gasteiger partial charge is 0.396 e. The van der Waals surface area contributed by atoms with E-state index in [1.807, 2.05) is 0 Å². The van der Waals surface area contributed by atoms with Gasteiger partial charge in [0.2, 0.25) is 0 Å². The minimum atomic E-state index is 0.279. The van der Waals surface area contributed by atoms with Gasteiger partial charge in [0, 0.05) is 43.5 Å². The van der Waals surface area contributed by atoms with Gasteiger partial charge in [-0.05, 0) is 19.3 Å². The number of imidazole rings is 1. The molecule has 5 heteroatoms. The van der Waals surface area contributed by atoms with E-state index in [9.17, 15) is 0 Å². The summed E-state index contributed by atoms with van der Waals surface area (Å²) in [6, 6.07) is 0.705. The first-order valence-corrected chi connectivity index (χ1v) is 7.51. The van der Waals surface area contributed by atoms with Gasteiger partial charge in [-0.3, -0.25) is 9.30 Å². The second-order valence-electron chi connectivity index (χ2n) is 4.96. The third kappa shape index (κ3) is 2.43. The lowest BCUT2D eigenvalue weighted by atomic mass is 9.91. The van der Waals surface area contributed by atoms with Crippen LogP contribution in [0.2, 0.25) is 0 Å². The van der Waals surface area contributed by atoms with E-state index in [0.717, 1.165) is 30.2 Å². The first kappa shape index (κ1) is 12.1. The Morgan fingerprint density at radius 3 is 3.06 bits per heavy atom. The van der Waals surface area contributed by atoms with Crippen LogP contribution in [-0.4, -0.2) is 38.6 Å². The molecule has 1 aliphatic rings. The highest BCUT2D eigenvalue weighted by atomic mass is 32.1. The predicted molar refractivity (Wildman–Crippen MR) is 72.8 cm³/mol. The van der Waals surface area contributed by atoms with Crippen LogP contribution in [0, 0.1) is 0 Å². The highest BCUT2D eigenvalue weighted by molar-refractivity contribution is 7.15. The van der Waals surface area contributed by atoms with Gasteiger partial charge in [0.05, 0.1) is 5.69 Å². The van der Waals surface area contributed by atoms with Gasteiger partial charge in [0.1, 0.15) is 0 Å². The summed E-state index contributed by atoms with van der Waals surface area (Å²) in [6.07, 6.45) is 8.98. The van der Waals surface area contributed by atoms with Crippen molar-refractivity contribution in [3.63, 3.8) is 0 Å². The number of aliphatic hydroxyl groups is 1. The second-order valence-corrected chi connectivity index (χ2v) is 5.83. The molecule has 0 aliphatic heterocycles. The SMILES string of the molecule is OCCCN(Cc1cn2ccsc2n1)C1CCC1. The molecule has 1 saturated carbocycles. The molecule has 0 aromatic carbocycles. The van der Waals surface area contributed by atoms with Gasteiger partial charge in [-0.2, -0.15) is 0 Å². The van der Waals surface area contributed by atoms with Crippen LogP contribution in [-0.2, 0) is 6.54 Å². The number of thiazole rings is 1. The third-order valence-corrected chi connectivity index (χ3v) is 4.47. The Kier molecular flexibility index (Phi) is 3.63. The Balaban J connectivity index is 1.68. The van der Waals surface area contributed by atoms with Crippen molar-refractivity contribution in [3.05, 3.63) is 23.5 Å². The van der Waals surface area contributed by atoms with E-state index in [0.29, 0.717) is 6.04 Å². The number of aliphatic hydroxyl groups excluding tert-OH is 1. The standard InChI is InChI=1S/C13H19N3OS/c17-7-2-5-15(12-3-1-4-12)9-11-10-16-6-8-18-13(16)14-11/h6,8,10,12,17H,1-5,7,9H2. The normalized spacial score (nSPS) is 16.6. The Labute approximate surface area is 111 Å². The van der Waals surface area contributed by atoms with Gasteiger partial charge in [0.25, 0.3) is 0 Å². The van der Waals surface area contributed by atoms with Gasteiger partial charge in [0.15, 0.2) is 4.96 Å². The van der Waals surface area contributed by atoms with Crippen molar-refractivity contribution in [1.82, 2.24) is 14.3 Å². The molecule has 3 rings (SSSR count). The maximum Gasteiger partial charge on any atom is 0.193 e. The lowest BCUT2D eigenvalue weighted by molar-refractivity contribution is 0.108. The number of nitrogens with zero attached hydrogens (tertiary/aromatic N) is 3. The first-order chi connectivity index (χ1) is 8.86. The van der Waals surface area contributed by atoms with Crippen molar-refractivity contribution in [2.24, 2.45) is 0 Å². The number of hydrogen-bond acceptors (Lipinski definition) is 4. The molecule has 18 heavy (non-hydrogen) atoms. The van der Waals surface area contributed by atoms with E-state index >= 15 is 0 Å². The zero-order valence-corrected chi connectivity index (χ0v) is 11.3. The van der Waals surface area contributed by atoms with Gasteiger partial charge in [-0.15, -0.1) is 11.3 Å². The molecule has 0 atom stereocenters. The van der Waals surface area contributed by atoms with E-state index < -0.39 is 0 Å². The highest BCUT2D eigenvalue weighted by Gasteiger charge is 2.25. The van der Waals surface area contributed by atoms with Crippen LogP contribution in [0.25, 0.3) is 4.96 Å². The molecular weight excluding hydrogens is 246 g/mol. The van der Waals surface area contributed by atoms with Crippen molar-refractivity contribution in [1.29, 1.82) is 0 Å². The van der Waals surface area contributed by atoms with Crippen LogP contribution >= 0.6 is 11.3 Å². The molecule has 1 fully saturated rings. The number of hydrogen-bond donors (Lipinski definition) is 1. The van der Waals surface area contributed by atoms with Gasteiger partial charge >= 0.3 is 0 Å². The van der Waals surface area contributed by atoms with Crippen LogP contribution in [0.4, 0.5) is 0 Å². The molecule has 2 heterocycles. The minimum Gasteiger partial charge on any atom is -0.396 e. The van der Waals surface area contributed by atoms with Crippen LogP contribution < -0.4 is 0 Å². The Morgan fingerprint density at radius 2 is 2.39 bits per heavy atom. The van der Waals surface area contributed by atoms with Crippen LogP contribution in [0.3, 0.4) is 0 Å². The Hall–Kier alpha value is -0.910. The molecule has 0 saturated heterocycles. The van der Waals surface area contributed by atoms with Crippen molar-refractivity contribution in [2.45, 2.75) is 38.3 Å². The molecule has 2 aromatic rings. The van der Waals surface area contributed by atoms with E-state index in [1.54, 1.807) is 11.3 Å². The third-order valence-electron chi connectivity index (χ3n) is 3.70. The van der Waals surface area contributed by atoms with Gasteiger partial charge in [-0.1, -0.05) is 6.42 Å². The fourth-order valence-corrected chi connectivity index (χ4v) is 3.20. The van der Waals surface area contributed by atoms with Crippen molar-refractivity contribution >= 4 is 16.3 Å². The maximum absolute atomic E-state index is 8.99. The van der Waals surface area contributed by atoms with E-state index in [1.165, 1.54) is 19.3 Å². The number of aromatic nitrogens is 2. The van der Waals surface area contributed by atoms with Crippen molar-refractivity contribution in [3.8, 4) is 0 Å². The molecule has 1 aliphatic carbocycles. The average molecular weight is 265 g/mol. The van der Waals surface area contributed by atoms with Crippen molar-refractivity contribution in [2.75, 3.05) is 13.2 Å². The van der Waals surface area contributed by atoms with Crippen LogP contribution in [0.15, 0.2) is 17.8 Å². The summed E-state index contributed by atoms with van der Waals surface area (Å²) >= 11 is 1.67. The zero-order chi connectivity index (χ0) is 12.4. The van der Waals surface area contributed by atoms with E-state index in [4.69, 9.17) is 5.11 Å². The van der Waals surface area contributed by atoms with Crippen LogP contribution in [0.5, 0.6) is 0 Å². The molecule has 1 N–H and O–H groups in total. The fraction of sp³-hybridized carbons (Fsp3) is 0.615. The predicted octanol–water partition coefficient (Wildman–Crippen LogP) is 2.13. The molecule has 0 unspecified atom stereocenters. The summed E-state index contributed by atoms with van der Waals surface area (Å²) in [7, 11) is 0. The van der Waals surface area contributed by atoms with E-state index in [2.05, 4.69) is 32.1 Å². The Morgan fingerprint density at radius 1 is 1.50 bits per heavy atom. The minimum absolute atomic E-state index is 0.279.